The van der Waals surface area contributed by atoms with Crippen molar-refractivity contribution in [2.45, 2.75) is 44.7 Å². The average Bonchev–Trinajstić information content (AvgIpc) is 2.59. The Kier molecular flexibility index (Phi) is 3.59. The number of halogens is 1. The molecule has 3 nitrogen and oxygen atoms in total. The number of ether oxygens (including phenoxy) is 2. The van der Waals surface area contributed by atoms with Gasteiger partial charge in [-0.15, -0.1) is 0 Å². The smallest absolute Gasteiger partial charge is 0.179 e. The van der Waals surface area contributed by atoms with Gasteiger partial charge in [0.05, 0.1) is 18.2 Å². The zero-order chi connectivity index (χ0) is 13.3. The van der Waals surface area contributed by atoms with Gasteiger partial charge in [0, 0.05) is 18.5 Å². The predicted molar refractivity (Wildman–Crippen MR) is 76.2 cm³/mol. The van der Waals surface area contributed by atoms with E-state index in [-0.39, 0.29) is 0 Å². The molecule has 2 aliphatic rings. The average molecular weight is 282 g/mol. The van der Waals surface area contributed by atoms with Crippen molar-refractivity contribution in [3.63, 3.8) is 0 Å². The Bertz CT molecular complexity index is 471. The van der Waals surface area contributed by atoms with Gasteiger partial charge in [-0.25, -0.2) is 0 Å². The summed E-state index contributed by atoms with van der Waals surface area (Å²) < 4.78 is 11.3. The topological polar surface area (TPSA) is 30.5 Å². The second-order valence-corrected chi connectivity index (χ2v) is 6.13. The fourth-order valence-electron chi connectivity index (χ4n) is 2.59. The molecule has 1 saturated carbocycles. The van der Waals surface area contributed by atoms with E-state index in [0.717, 1.165) is 24.3 Å². The Morgan fingerprint density at radius 3 is 2.74 bits per heavy atom. The first-order valence-corrected chi connectivity index (χ1v) is 7.37. The fourth-order valence-corrected chi connectivity index (χ4v) is 2.87. The molecule has 1 aliphatic carbocycles. The van der Waals surface area contributed by atoms with Crippen molar-refractivity contribution < 1.29 is 9.47 Å². The van der Waals surface area contributed by atoms with Crippen LogP contribution in [-0.2, 0) is 6.54 Å². The SMILES string of the molecule is CC1(NCc2cc(Cl)c3c(c2)OCCCO3)CCC1. The van der Waals surface area contributed by atoms with Gasteiger partial charge in [-0.2, -0.15) is 0 Å². The van der Waals surface area contributed by atoms with Crippen LogP contribution in [-0.4, -0.2) is 18.8 Å². The van der Waals surface area contributed by atoms with Gasteiger partial charge in [0.2, 0.25) is 0 Å². The van der Waals surface area contributed by atoms with Crippen LogP contribution in [0.3, 0.4) is 0 Å². The Morgan fingerprint density at radius 2 is 2.00 bits per heavy atom. The second-order valence-electron chi connectivity index (χ2n) is 5.72. The maximum Gasteiger partial charge on any atom is 0.179 e. The monoisotopic (exact) mass is 281 g/mol. The molecule has 0 bridgehead atoms. The highest BCUT2D eigenvalue weighted by atomic mass is 35.5. The van der Waals surface area contributed by atoms with Crippen LogP contribution in [0.4, 0.5) is 0 Å². The summed E-state index contributed by atoms with van der Waals surface area (Å²) in [6.45, 7) is 4.47. The first kappa shape index (κ1) is 13.1. The van der Waals surface area contributed by atoms with Gasteiger partial charge in [0.15, 0.2) is 11.5 Å². The number of rotatable bonds is 3. The maximum absolute atomic E-state index is 6.28. The normalized spacial score (nSPS) is 20.5. The first-order valence-electron chi connectivity index (χ1n) is 6.99. The van der Waals surface area contributed by atoms with E-state index in [4.69, 9.17) is 21.1 Å². The molecule has 3 rings (SSSR count). The third-order valence-electron chi connectivity index (χ3n) is 4.04. The number of benzene rings is 1. The maximum atomic E-state index is 6.28. The van der Waals surface area contributed by atoms with E-state index in [2.05, 4.69) is 12.2 Å². The summed E-state index contributed by atoms with van der Waals surface area (Å²) in [5.74, 6) is 1.47. The summed E-state index contributed by atoms with van der Waals surface area (Å²) >= 11 is 6.28. The molecule has 0 unspecified atom stereocenters. The lowest BCUT2D eigenvalue weighted by Gasteiger charge is -2.39. The van der Waals surface area contributed by atoms with Crippen LogP contribution in [0.25, 0.3) is 0 Å². The first-order chi connectivity index (χ1) is 9.16. The minimum absolute atomic E-state index is 0.302. The highest BCUT2D eigenvalue weighted by Gasteiger charge is 2.30. The van der Waals surface area contributed by atoms with Crippen LogP contribution < -0.4 is 14.8 Å². The van der Waals surface area contributed by atoms with Gasteiger partial charge < -0.3 is 14.8 Å². The van der Waals surface area contributed by atoms with Gasteiger partial charge in [-0.05, 0) is 43.9 Å². The Hall–Kier alpha value is -0.930. The molecule has 1 heterocycles. The van der Waals surface area contributed by atoms with Crippen molar-refractivity contribution in [1.29, 1.82) is 0 Å². The molecule has 19 heavy (non-hydrogen) atoms. The van der Waals surface area contributed by atoms with Gasteiger partial charge >= 0.3 is 0 Å². The van der Waals surface area contributed by atoms with Gasteiger partial charge in [0.25, 0.3) is 0 Å². The highest BCUT2D eigenvalue weighted by Crippen LogP contribution is 2.38. The molecule has 0 radical (unpaired) electrons. The van der Waals surface area contributed by atoms with E-state index in [1.165, 1.54) is 19.3 Å². The lowest BCUT2D eigenvalue weighted by Crippen LogP contribution is -2.47. The lowest BCUT2D eigenvalue weighted by molar-refractivity contribution is 0.206. The Labute approximate surface area is 119 Å². The van der Waals surface area contributed by atoms with Gasteiger partial charge in [-0.3, -0.25) is 0 Å². The third kappa shape index (κ3) is 2.82. The summed E-state index contributed by atoms with van der Waals surface area (Å²) in [5.41, 5.74) is 1.46. The van der Waals surface area contributed by atoms with Crippen molar-refractivity contribution in [2.75, 3.05) is 13.2 Å². The molecule has 1 aromatic rings. The summed E-state index contributed by atoms with van der Waals surface area (Å²) in [7, 11) is 0. The molecule has 0 atom stereocenters. The quantitative estimate of drug-likeness (QED) is 0.919. The molecule has 0 saturated heterocycles. The zero-order valence-corrected chi connectivity index (χ0v) is 12.1. The number of hydrogen-bond donors (Lipinski definition) is 1. The summed E-state index contributed by atoms with van der Waals surface area (Å²) in [6.07, 6.45) is 4.73. The van der Waals surface area contributed by atoms with E-state index >= 15 is 0 Å². The van der Waals surface area contributed by atoms with Crippen LogP contribution in [0.1, 0.15) is 38.2 Å². The molecule has 1 aromatic carbocycles. The summed E-state index contributed by atoms with van der Waals surface area (Å²) in [4.78, 5) is 0. The van der Waals surface area contributed by atoms with Crippen LogP contribution in [0.5, 0.6) is 11.5 Å². The minimum atomic E-state index is 0.302. The van der Waals surface area contributed by atoms with E-state index in [1.807, 2.05) is 12.1 Å². The van der Waals surface area contributed by atoms with Gasteiger partial charge in [0.1, 0.15) is 0 Å². The standard InChI is InChI=1S/C15H20ClNO2/c1-15(4-2-5-15)17-10-11-8-12(16)14-13(9-11)18-6-3-7-19-14/h8-9,17H,2-7,10H2,1H3. The van der Waals surface area contributed by atoms with Crippen molar-refractivity contribution in [3.8, 4) is 11.5 Å². The Balaban J connectivity index is 1.75. The molecule has 0 aromatic heterocycles. The predicted octanol–water partition coefficient (Wildman–Crippen LogP) is 3.53. The largest absolute Gasteiger partial charge is 0.489 e. The number of fused-ring (bicyclic) bond motifs is 1. The third-order valence-corrected chi connectivity index (χ3v) is 4.32. The van der Waals surface area contributed by atoms with Crippen molar-refractivity contribution in [2.24, 2.45) is 0 Å². The van der Waals surface area contributed by atoms with Crippen LogP contribution in [0.2, 0.25) is 5.02 Å². The van der Waals surface area contributed by atoms with E-state index < -0.39 is 0 Å². The summed E-state index contributed by atoms with van der Waals surface area (Å²) in [6, 6.07) is 4.02. The zero-order valence-electron chi connectivity index (χ0n) is 11.3. The molecule has 0 spiro atoms. The second kappa shape index (κ2) is 5.22. The molecular formula is C15H20ClNO2. The molecule has 1 aliphatic heterocycles. The number of nitrogens with one attached hydrogen (secondary N) is 1. The summed E-state index contributed by atoms with van der Waals surface area (Å²) in [5, 5.41) is 4.25. The van der Waals surface area contributed by atoms with Crippen LogP contribution in [0, 0.1) is 0 Å². The van der Waals surface area contributed by atoms with E-state index in [0.29, 0.717) is 29.5 Å². The van der Waals surface area contributed by atoms with Crippen LogP contribution in [0.15, 0.2) is 12.1 Å². The molecule has 0 amide bonds. The van der Waals surface area contributed by atoms with Crippen molar-refractivity contribution in [3.05, 3.63) is 22.7 Å². The van der Waals surface area contributed by atoms with Crippen LogP contribution >= 0.6 is 11.6 Å². The molecule has 1 N–H and O–H groups in total. The van der Waals surface area contributed by atoms with Crippen molar-refractivity contribution in [1.82, 2.24) is 5.32 Å². The molecule has 4 heteroatoms. The molecular weight excluding hydrogens is 262 g/mol. The van der Waals surface area contributed by atoms with Gasteiger partial charge in [-0.1, -0.05) is 11.6 Å². The minimum Gasteiger partial charge on any atom is -0.489 e. The molecule has 1 fully saturated rings. The highest BCUT2D eigenvalue weighted by molar-refractivity contribution is 6.32. The fraction of sp³-hybridized carbons (Fsp3) is 0.600. The number of hydrogen-bond acceptors (Lipinski definition) is 3. The van der Waals surface area contributed by atoms with E-state index in [1.54, 1.807) is 0 Å². The lowest BCUT2D eigenvalue weighted by atomic mass is 9.78. The van der Waals surface area contributed by atoms with E-state index in [9.17, 15) is 0 Å². The van der Waals surface area contributed by atoms with Crippen molar-refractivity contribution >= 4 is 11.6 Å². The Morgan fingerprint density at radius 1 is 1.21 bits per heavy atom. The molecule has 104 valence electrons.